The van der Waals surface area contributed by atoms with Gasteiger partial charge in [0.2, 0.25) is 0 Å². The molecule has 1 rings (SSSR count). The number of aliphatic hydroxyl groups excluding tert-OH is 3. The minimum absolute atomic E-state index is 0.110. The van der Waals surface area contributed by atoms with E-state index in [4.69, 9.17) is 10.2 Å². The van der Waals surface area contributed by atoms with E-state index in [1.807, 2.05) is 6.92 Å². The molecular formula is C7H14O3. The van der Waals surface area contributed by atoms with E-state index in [-0.39, 0.29) is 5.92 Å². The summed E-state index contributed by atoms with van der Waals surface area (Å²) in [4.78, 5) is 0. The number of aliphatic hydroxyl groups is 3. The number of rotatable bonds is 0. The molecule has 0 aromatic rings. The van der Waals surface area contributed by atoms with Crippen molar-refractivity contribution < 1.29 is 15.3 Å². The van der Waals surface area contributed by atoms with Gasteiger partial charge in [0.1, 0.15) is 6.10 Å². The van der Waals surface area contributed by atoms with Crippen molar-refractivity contribution in [2.45, 2.75) is 38.1 Å². The van der Waals surface area contributed by atoms with Crippen LogP contribution in [-0.2, 0) is 0 Å². The normalized spacial score (nSPS) is 49.2. The Labute approximate surface area is 60.3 Å². The average Bonchev–Trinajstić information content (AvgIpc) is 1.93. The first kappa shape index (κ1) is 7.98. The monoisotopic (exact) mass is 146 g/mol. The molecule has 0 radical (unpaired) electrons. The van der Waals surface area contributed by atoms with Crippen LogP contribution in [-0.4, -0.2) is 33.6 Å². The lowest BCUT2D eigenvalue weighted by atomic mass is 9.84. The zero-order valence-corrected chi connectivity index (χ0v) is 6.07. The first-order chi connectivity index (χ1) is 4.63. The first-order valence-electron chi connectivity index (χ1n) is 3.67. The van der Waals surface area contributed by atoms with Gasteiger partial charge in [-0.15, -0.1) is 0 Å². The van der Waals surface area contributed by atoms with Crippen molar-refractivity contribution in [1.29, 1.82) is 0 Å². The minimum Gasteiger partial charge on any atom is -0.390 e. The SMILES string of the molecule is C[C@H]1CC[C@H](O)[C@@H](O)[C@@H]1O. The molecule has 0 saturated heterocycles. The van der Waals surface area contributed by atoms with Gasteiger partial charge in [0.25, 0.3) is 0 Å². The fraction of sp³-hybridized carbons (Fsp3) is 1.00. The molecule has 3 N–H and O–H groups in total. The van der Waals surface area contributed by atoms with Crippen LogP contribution in [0.3, 0.4) is 0 Å². The standard InChI is InChI=1S/C7H14O3/c1-4-2-3-5(8)7(10)6(4)9/h4-10H,2-3H2,1H3/t4-,5-,6+,7+/m0/s1. The largest absolute Gasteiger partial charge is 0.390 e. The van der Waals surface area contributed by atoms with Crippen molar-refractivity contribution in [1.82, 2.24) is 0 Å². The molecule has 1 fully saturated rings. The summed E-state index contributed by atoms with van der Waals surface area (Å²) in [6, 6.07) is 0. The highest BCUT2D eigenvalue weighted by Crippen LogP contribution is 2.24. The lowest BCUT2D eigenvalue weighted by molar-refractivity contribution is -0.106. The fourth-order valence-electron chi connectivity index (χ4n) is 1.34. The summed E-state index contributed by atoms with van der Waals surface area (Å²) in [5.74, 6) is 0.110. The highest BCUT2D eigenvalue weighted by Gasteiger charge is 2.33. The summed E-state index contributed by atoms with van der Waals surface area (Å²) < 4.78 is 0. The Morgan fingerprint density at radius 2 is 1.60 bits per heavy atom. The van der Waals surface area contributed by atoms with Crippen LogP contribution in [0.5, 0.6) is 0 Å². The van der Waals surface area contributed by atoms with Gasteiger partial charge in [-0.3, -0.25) is 0 Å². The maximum atomic E-state index is 9.21. The zero-order valence-electron chi connectivity index (χ0n) is 6.07. The highest BCUT2D eigenvalue weighted by atomic mass is 16.4. The Morgan fingerprint density at radius 3 is 2.10 bits per heavy atom. The Bertz CT molecular complexity index is 101. The van der Waals surface area contributed by atoms with E-state index in [0.717, 1.165) is 6.42 Å². The highest BCUT2D eigenvalue weighted by molar-refractivity contribution is 4.84. The lowest BCUT2D eigenvalue weighted by Gasteiger charge is -2.32. The van der Waals surface area contributed by atoms with Gasteiger partial charge in [0, 0.05) is 0 Å². The first-order valence-corrected chi connectivity index (χ1v) is 3.67. The van der Waals surface area contributed by atoms with E-state index in [0.29, 0.717) is 6.42 Å². The van der Waals surface area contributed by atoms with Crippen LogP contribution >= 0.6 is 0 Å². The molecule has 1 aliphatic rings. The van der Waals surface area contributed by atoms with Gasteiger partial charge in [-0.05, 0) is 18.8 Å². The average molecular weight is 146 g/mol. The van der Waals surface area contributed by atoms with E-state index >= 15 is 0 Å². The van der Waals surface area contributed by atoms with E-state index in [1.54, 1.807) is 0 Å². The van der Waals surface area contributed by atoms with Gasteiger partial charge in [0.15, 0.2) is 0 Å². The molecule has 1 saturated carbocycles. The fourth-order valence-corrected chi connectivity index (χ4v) is 1.34. The molecule has 0 amide bonds. The van der Waals surface area contributed by atoms with Crippen molar-refractivity contribution in [2.75, 3.05) is 0 Å². The van der Waals surface area contributed by atoms with Gasteiger partial charge >= 0.3 is 0 Å². The zero-order chi connectivity index (χ0) is 7.72. The molecule has 1 aliphatic carbocycles. The Kier molecular flexibility index (Phi) is 2.28. The predicted molar refractivity (Wildman–Crippen MR) is 36.4 cm³/mol. The third kappa shape index (κ3) is 1.31. The molecule has 0 aromatic carbocycles. The van der Waals surface area contributed by atoms with Crippen LogP contribution in [0.15, 0.2) is 0 Å². The second-order valence-electron chi connectivity index (χ2n) is 3.10. The Morgan fingerprint density at radius 1 is 1.00 bits per heavy atom. The third-order valence-corrected chi connectivity index (χ3v) is 2.24. The van der Waals surface area contributed by atoms with Crippen molar-refractivity contribution in [3.05, 3.63) is 0 Å². The van der Waals surface area contributed by atoms with Crippen LogP contribution < -0.4 is 0 Å². The molecule has 0 heterocycles. The maximum Gasteiger partial charge on any atom is 0.106 e. The lowest BCUT2D eigenvalue weighted by Crippen LogP contribution is -2.45. The minimum atomic E-state index is -0.941. The van der Waals surface area contributed by atoms with Crippen LogP contribution in [0, 0.1) is 5.92 Å². The molecule has 4 atom stereocenters. The second kappa shape index (κ2) is 2.86. The summed E-state index contributed by atoms with van der Waals surface area (Å²) in [5.41, 5.74) is 0. The van der Waals surface area contributed by atoms with Crippen LogP contribution in [0.4, 0.5) is 0 Å². The third-order valence-electron chi connectivity index (χ3n) is 2.24. The summed E-state index contributed by atoms with van der Waals surface area (Å²) in [5, 5.41) is 27.4. The summed E-state index contributed by atoms with van der Waals surface area (Å²) in [7, 11) is 0. The van der Waals surface area contributed by atoms with Gasteiger partial charge in [-0.1, -0.05) is 6.92 Å². The summed E-state index contributed by atoms with van der Waals surface area (Å²) in [6.45, 7) is 1.87. The van der Waals surface area contributed by atoms with Crippen molar-refractivity contribution in [3.8, 4) is 0 Å². The Hall–Kier alpha value is -0.120. The van der Waals surface area contributed by atoms with Crippen molar-refractivity contribution >= 4 is 0 Å². The van der Waals surface area contributed by atoms with Crippen LogP contribution in [0.2, 0.25) is 0 Å². The molecule has 0 aliphatic heterocycles. The molecule has 0 bridgehead atoms. The maximum absolute atomic E-state index is 9.21. The molecule has 3 nitrogen and oxygen atoms in total. The predicted octanol–water partition coefficient (Wildman–Crippen LogP) is -0.501. The van der Waals surface area contributed by atoms with Crippen molar-refractivity contribution in [2.24, 2.45) is 5.92 Å². The van der Waals surface area contributed by atoms with Gasteiger partial charge in [-0.25, -0.2) is 0 Å². The Balaban J connectivity index is 2.52. The van der Waals surface area contributed by atoms with Gasteiger partial charge in [-0.2, -0.15) is 0 Å². The molecule has 3 heteroatoms. The van der Waals surface area contributed by atoms with E-state index < -0.39 is 18.3 Å². The quantitative estimate of drug-likeness (QED) is 0.431. The molecular weight excluding hydrogens is 132 g/mol. The van der Waals surface area contributed by atoms with E-state index in [9.17, 15) is 5.11 Å². The van der Waals surface area contributed by atoms with Crippen molar-refractivity contribution in [3.63, 3.8) is 0 Å². The number of hydrogen-bond acceptors (Lipinski definition) is 3. The molecule has 60 valence electrons. The topological polar surface area (TPSA) is 60.7 Å². The summed E-state index contributed by atoms with van der Waals surface area (Å²) >= 11 is 0. The van der Waals surface area contributed by atoms with Crippen LogP contribution in [0.1, 0.15) is 19.8 Å². The van der Waals surface area contributed by atoms with Gasteiger partial charge < -0.3 is 15.3 Å². The number of hydrogen-bond donors (Lipinski definition) is 3. The van der Waals surface area contributed by atoms with E-state index in [2.05, 4.69) is 0 Å². The summed E-state index contributed by atoms with van der Waals surface area (Å²) in [6.07, 6.45) is -1.03. The second-order valence-corrected chi connectivity index (χ2v) is 3.10. The van der Waals surface area contributed by atoms with E-state index in [1.165, 1.54) is 0 Å². The molecule has 10 heavy (non-hydrogen) atoms. The van der Waals surface area contributed by atoms with Crippen LogP contribution in [0.25, 0.3) is 0 Å². The smallest absolute Gasteiger partial charge is 0.106 e. The molecule has 0 aromatic heterocycles. The molecule has 0 unspecified atom stereocenters. The molecule has 0 spiro atoms. The van der Waals surface area contributed by atoms with Gasteiger partial charge in [0.05, 0.1) is 12.2 Å².